The molecule has 44 heavy (non-hydrogen) atoms. The van der Waals surface area contributed by atoms with Gasteiger partial charge in [0.1, 0.15) is 18.2 Å². The van der Waals surface area contributed by atoms with E-state index in [-0.39, 0.29) is 18.4 Å². The lowest BCUT2D eigenvalue weighted by Crippen LogP contribution is -2.73. The number of likely N-dealkylation sites (tertiary alicyclic amines) is 1. The number of amides is 3. The topological polar surface area (TPSA) is 91.0 Å². The number of alkyl carbamates (subject to hydrolysis) is 1. The Labute approximate surface area is 259 Å². The van der Waals surface area contributed by atoms with E-state index >= 15 is 0 Å². The van der Waals surface area contributed by atoms with Crippen LogP contribution < -0.4 is 15.5 Å². The number of ether oxygens (including phenoxy) is 1. The molecule has 1 spiro atoms. The third kappa shape index (κ3) is 6.65. The maximum absolute atomic E-state index is 14.2. The number of carbonyl (C=O) groups is 3. The quantitative estimate of drug-likeness (QED) is 0.330. The molecule has 2 aliphatic heterocycles. The number of piperidine rings is 1. The first kappa shape index (κ1) is 29.9. The molecular weight excluding hydrogens is 552 g/mol. The van der Waals surface area contributed by atoms with Gasteiger partial charge in [-0.1, -0.05) is 66.7 Å². The largest absolute Gasteiger partial charge is 0.445 e. The van der Waals surface area contributed by atoms with Gasteiger partial charge in [0.05, 0.1) is 0 Å². The second-order valence-corrected chi connectivity index (χ2v) is 12.2. The van der Waals surface area contributed by atoms with Gasteiger partial charge in [-0.15, -0.1) is 0 Å². The summed E-state index contributed by atoms with van der Waals surface area (Å²) in [5.74, 6) is -0.132. The van der Waals surface area contributed by atoms with Crippen LogP contribution in [-0.2, 0) is 40.2 Å². The van der Waals surface area contributed by atoms with E-state index in [0.29, 0.717) is 32.2 Å². The minimum absolute atomic E-state index is 0.0630. The summed E-state index contributed by atoms with van der Waals surface area (Å²) in [5.41, 5.74) is 4.78. The molecule has 1 atom stereocenters. The van der Waals surface area contributed by atoms with Crippen LogP contribution >= 0.6 is 0 Å². The zero-order valence-corrected chi connectivity index (χ0v) is 25.3. The molecule has 0 saturated carbocycles. The van der Waals surface area contributed by atoms with Crippen LogP contribution in [0.25, 0.3) is 0 Å². The summed E-state index contributed by atoms with van der Waals surface area (Å²) in [6.07, 6.45) is 5.82. The van der Waals surface area contributed by atoms with Gasteiger partial charge >= 0.3 is 6.09 Å². The number of fused-ring (bicyclic) bond motifs is 1. The SMILES string of the molecule is O=C(NCCC[C@@H]1NC(=O)C2(CCN(CCc3ccccc3)CC2)N(c2ccc3c(c2)CCC3)C1=O)OCc1ccccc1. The number of hydrogen-bond acceptors (Lipinski definition) is 5. The Hall–Kier alpha value is -4.17. The smallest absolute Gasteiger partial charge is 0.407 e. The Bertz CT molecular complexity index is 1450. The second kappa shape index (κ2) is 13.6. The first-order valence-corrected chi connectivity index (χ1v) is 16.0. The van der Waals surface area contributed by atoms with Gasteiger partial charge in [-0.2, -0.15) is 0 Å². The van der Waals surface area contributed by atoms with Crippen molar-refractivity contribution < 1.29 is 19.1 Å². The maximum Gasteiger partial charge on any atom is 0.407 e. The summed E-state index contributed by atoms with van der Waals surface area (Å²) in [4.78, 5) is 44.6. The normalized spacial score (nSPS) is 19.5. The van der Waals surface area contributed by atoms with Crippen molar-refractivity contribution in [1.82, 2.24) is 15.5 Å². The van der Waals surface area contributed by atoms with Gasteiger partial charge in [0.2, 0.25) is 5.91 Å². The zero-order chi connectivity index (χ0) is 30.4. The minimum atomic E-state index is -0.900. The van der Waals surface area contributed by atoms with Crippen molar-refractivity contribution in [1.29, 1.82) is 0 Å². The van der Waals surface area contributed by atoms with Crippen molar-refractivity contribution in [2.75, 3.05) is 31.1 Å². The number of nitrogens with zero attached hydrogens (tertiary/aromatic N) is 2. The van der Waals surface area contributed by atoms with Crippen molar-refractivity contribution in [2.45, 2.75) is 69.6 Å². The van der Waals surface area contributed by atoms with E-state index in [1.165, 1.54) is 16.7 Å². The minimum Gasteiger partial charge on any atom is -0.445 e. The van der Waals surface area contributed by atoms with Gasteiger partial charge in [0, 0.05) is 31.9 Å². The maximum atomic E-state index is 14.2. The van der Waals surface area contributed by atoms with Crippen molar-refractivity contribution in [2.24, 2.45) is 0 Å². The lowest BCUT2D eigenvalue weighted by molar-refractivity contribution is -0.140. The van der Waals surface area contributed by atoms with Crippen LogP contribution in [0.1, 0.15) is 54.4 Å². The Kier molecular flexibility index (Phi) is 9.26. The molecule has 3 aromatic carbocycles. The van der Waals surface area contributed by atoms with Crippen LogP contribution in [0, 0.1) is 0 Å². The van der Waals surface area contributed by atoms with E-state index in [9.17, 15) is 14.4 Å². The van der Waals surface area contributed by atoms with Crippen LogP contribution in [0.4, 0.5) is 10.5 Å². The van der Waals surface area contributed by atoms with Crippen molar-refractivity contribution in [3.63, 3.8) is 0 Å². The predicted octanol–water partition coefficient (Wildman–Crippen LogP) is 4.79. The Morgan fingerprint density at radius 2 is 1.61 bits per heavy atom. The summed E-state index contributed by atoms with van der Waals surface area (Å²) in [7, 11) is 0. The average Bonchev–Trinajstić information content (AvgIpc) is 3.53. The van der Waals surface area contributed by atoms with Crippen molar-refractivity contribution in [3.05, 3.63) is 101 Å². The molecule has 2 N–H and O–H groups in total. The molecule has 0 bridgehead atoms. The van der Waals surface area contributed by atoms with Gasteiger partial charge in [0.25, 0.3) is 5.91 Å². The van der Waals surface area contributed by atoms with Crippen LogP contribution in [0.2, 0.25) is 0 Å². The molecule has 8 heteroatoms. The van der Waals surface area contributed by atoms with Gasteiger partial charge in [-0.3, -0.25) is 14.5 Å². The molecule has 0 unspecified atom stereocenters. The van der Waals surface area contributed by atoms with Crippen molar-refractivity contribution in [3.8, 4) is 0 Å². The number of hydrogen-bond donors (Lipinski definition) is 2. The van der Waals surface area contributed by atoms with E-state index < -0.39 is 17.7 Å². The highest BCUT2D eigenvalue weighted by Gasteiger charge is 2.54. The van der Waals surface area contributed by atoms with Gasteiger partial charge in [0.15, 0.2) is 0 Å². The highest BCUT2D eigenvalue weighted by atomic mass is 16.5. The zero-order valence-electron chi connectivity index (χ0n) is 25.3. The monoisotopic (exact) mass is 594 g/mol. The Balaban J connectivity index is 1.10. The lowest BCUT2D eigenvalue weighted by Gasteiger charge is -2.51. The van der Waals surface area contributed by atoms with E-state index in [1.54, 1.807) is 0 Å². The molecule has 2 saturated heterocycles. The van der Waals surface area contributed by atoms with E-state index in [0.717, 1.165) is 56.6 Å². The molecule has 8 nitrogen and oxygen atoms in total. The highest BCUT2D eigenvalue weighted by Crippen LogP contribution is 2.39. The third-order valence-corrected chi connectivity index (χ3v) is 9.41. The predicted molar refractivity (Wildman–Crippen MR) is 170 cm³/mol. The first-order valence-electron chi connectivity index (χ1n) is 16.0. The molecule has 1 aliphatic carbocycles. The highest BCUT2D eigenvalue weighted by molar-refractivity contribution is 6.11. The number of nitrogens with one attached hydrogen (secondary N) is 2. The van der Waals surface area contributed by atoms with E-state index in [1.807, 2.05) is 47.4 Å². The number of carbonyl (C=O) groups excluding carboxylic acids is 3. The molecule has 3 aliphatic rings. The molecule has 3 aromatic rings. The van der Waals surface area contributed by atoms with Gasteiger partial charge in [-0.05, 0) is 85.8 Å². The summed E-state index contributed by atoms with van der Waals surface area (Å²) >= 11 is 0. The summed E-state index contributed by atoms with van der Waals surface area (Å²) in [6, 6.07) is 25.7. The van der Waals surface area contributed by atoms with E-state index in [2.05, 4.69) is 51.9 Å². The molecule has 6 rings (SSSR count). The molecule has 2 fully saturated rings. The molecule has 230 valence electrons. The van der Waals surface area contributed by atoms with Crippen LogP contribution in [0.15, 0.2) is 78.9 Å². The molecule has 0 radical (unpaired) electrons. The van der Waals surface area contributed by atoms with Crippen LogP contribution in [0.3, 0.4) is 0 Å². The number of piperazine rings is 1. The number of aryl methyl sites for hydroxylation is 2. The van der Waals surface area contributed by atoms with E-state index in [4.69, 9.17) is 4.74 Å². The van der Waals surface area contributed by atoms with Crippen LogP contribution in [0.5, 0.6) is 0 Å². The summed E-state index contributed by atoms with van der Waals surface area (Å²) in [5, 5.41) is 5.86. The molecule has 0 aromatic heterocycles. The molecular formula is C36H42N4O4. The fourth-order valence-electron chi connectivity index (χ4n) is 6.89. The molecule has 2 heterocycles. The fraction of sp³-hybridized carbons (Fsp3) is 0.417. The lowest BCUT2D eigenvalue weighted by atomic mass is 9.80. The Morgan fingerprint density at radius 3 is 2.36 bits per heavy atom. The fourth-order valence-corrected chi connectivity index (χ4v) is 6.89. The summed E-state index contributed by atoms with van der Waals surface area (Å²) in [6.45, 7) is 3.00. The number of benzene rings is 3. The second-order valence-electron chi connectivity index (χ2n) is 12.2. The van der Waals surface area contributed by atoms with Gasteiger partial charge < -0.3 is 20.3 Å². The average molecular weight is 595 g/mol. The van der Waals surface area contributed by atoms with Crippen molar-refractivity contribution >= 4 is 23.6 Å². The number of anilines is 1. The van der Waals surface area contributed by atoms with Gasteiger partial charge in [-0.25, -0.2) is 4.79 Å². The Morgan fingerprint density at radius 1 is 0.909 bits per heavy atom. The first-order chi connectivity index (χ1) is 21.5. The summed E-state index contributed by atoms with van der Waals surface area (Å²) < 4.78 is 5.30. The standard InChI is InChI=1S/C36H42N4O4/c41-33-32(15-8-21-37-35(43)44-26-28-11-5-2-6-12-28)38-34(42)36(40(33)31-17-16-29-13-7-14-30(29)25-31)19-23-39(24-20-36)22-18-27-9-3-1-4-10-27/h1-6,9-12,16-17,25,32H,7-8,13-15,18-24,26H2,(H,37,43)(H,38,42)/t32-/m0/s1. The number of rotatable bonds is 10. The molecule has 3 amide bonds. The third-order valence-electron chi connectivity index (χ3n) is 9.41. The van der Waals surface area contributed by atoms with Crippen LogP contribution in [-0.4, -0.2) is 60.6 Å².